The second-order valence-corrected chi connectivity index (χ2v) is 4.56. The second-order valence-electron chi connectivity index (χ2n) is 3.68. The summed E-state index contributed by atoms with van der Waals surface area (Å²) in [5, 5.41) is 16.8. The predicted molar refractivity (Wildman–Crippen MR) is 65.2 cm³/mol. The zero-order valence-electron chi connectivity index (χ0n) is 9.68. The molecule has 0 atom stereocenters. The number of carbonyl (C=O) groups is 2. The molecular formula is C11H10N2O4S. The predicted octanol–water partition coefficient (Wildman–Crippen LogP) is 2.30. The van der Waals surface area contributed by atoms with Crippen molar-refractivity contribution >= 4 is 28.9 Å². The normalized spacial score (nSPS) is 10.3. The largest absolute Gasteiger partial charge is 0.477 e. The van der Waals surface area contributed by atoms with E-state index >= 15 is 0 Å². The van der Waals surface area contributed by atoms with Crippen LogP contribution in [0.4, 0.5) is 5.69 Å². The summed E-state index contributed by atoms with van der Waals surface area (Å²) >= 11 is 1.07. The van der Waals surface area contributed by atoms with Crippen LogP contribution in [0.1, 0.15) is 31.4 Å². The van der Waals surface area contributed by atoms with Gasteiger partial charge in [-0.05, 0) is 24.8 Å². The zero-order chi connectivity index (χ0) is 13.3. The lowest BCUT2D eigenvalue weighted by molar-refractivity contribution is 0.0703. The average molecular weight is 266 g/mol. The molecule has 0 saturated carbocycles. The fourth-order valence-corrected chi connectivity index (χ4v) is 2.30. The van der Waals surface area contributed by atoms with Gasteiger partial charge in [-0.3, -0.25) is 4.79 Å². The summed E-state index contributed by atoms with van der Waals surface area (Å²) in [4.78, 5) is 23.0. The van der Waals surface area contributed by atoms with E-state index in [1.54, 1.807) is 19.2 Å². The van der Waals surface area contributed by atoms with E-state index in [-0.39, 0.29) is 10.4 Å². The van der Waals surface area contributed by atoms with Crippen LogP contribution >= 0.6 is 11.3 Å². The molecule has 6 nitrogen and oxygen atoms in total. The number of carbonyl (C=O) groups excluding carboxylic acids is 1. The summed E-state index contributed by atoms with van der Waals surface area (Å²) in [5.74, 6) is -1.11. The Labute approximate surface area is 106 Å². The number of hydrogen-bond donors (Lipinski definition) is 2. The van der Waals surface area contributed by atoms with Crippen molar-refractivity contribution < 1.29 is 19.2 Å². The molecule has 1 amide bonds. The Balaban J connectivity index is 2.30. The number of nitrogens with one attached hydrogen (secondary N) is 1. The number of aryl methyl sites for hydroxylation is 2. The summed E-state index contributed by atoms with van der Waals surface area (Å²) in [7, 11) is 0. The number of carboxylic acids is 1. The van der Waals surface area contributed by atoms with Crippen LogP contribution in [0, 0.1) is 13.8 Å². The number of amides is 1. The van der Waals surface area contributed by atoms with E-state index in [0.717, 1.165) is 11.3 Å². The Hall–Kier alpha value is -2.15. The maximum Gasteiger partial charge on any atom is 0.348 e. The first-order valence-corrected chi connectivity index (χ1v) is 5.92. The molecule has 7 heteroatoms. The highest BCUT2D eigenvalue weighted by molar-refractivity contribution is 7.12. The van der Waals surface area contributed by atoms with Crippen LogP contribution in [-0.2, 0) is 0 Å². The molecule has 94 valence electrons. The quantitative estimate of drug-likeness (QED) is 0.889. The third-order valence-electron chi connectivity index (χ3n) is 2.40. The molecule has 2 aromatic rings. The van der Waals surface area contributed by atoms with Gasteiger partial charge in [0.25, 0.3) is 5.91 Å². The third kappa shape index (κ3) is 2.12. The smallest absolute Gasteiger partial charge is 0.348 e. The van der Waals surface area contributed by atoms with Crippen LogP contribution in [0.5, 0.6) is 0 Å². The maximum atomic E-state index is 11.9. The molecule has 2 N–H and O–H groups in total. The van der Waals surface area contributed by atoms with E-state index in [2.05, 4.69) is 10.5 Å². The first-order chi connectivity index (χ1) is 8.50. The number of carboxylic acid groups (broad SMARTS) is 1. The number of thiophene rings is 1. The van der Waals surface area contributed by atoms with Gasteiger partial charge in [0.05, 0.1) is 11.9 Å². The Kier molecular flexibility index (Phi) is 3.15. The fraction of sp³-hybridized carbons (Fsp3) is 0.182. The van der Waals surface area contributed by atoms with Gasteiger partial charge in [0.2, 0.25) is 0 Å². The molecule has 0 fully saturated rings. The molecule has 2 rings (SSSR count). The zero-order valence-corrected chi connectivity index (χ0v) is 10.5. The lowest BCUT2D eigenvalue weighted by Gasteiger charge is -2.04. The fourth-order valence-electron chi connectivity index (χ4n) is 1.45. The van der Waals surface area contributed by atoms with Gasteiger partial charge in [-0.15, -0.1) is 11.3 Å². The summed E-state index contributed by atoms with van der Waals surface area (Å²) in [6.07, 6.45) is 1.30. The van der Waals surface area contributed by atoms with Crippen LogP contribution in [0.15, 0.2) is 16.1 Å². The number of aromatic carboxylic acids is 1. The molecular weight excluding hydrogens is 256 g/mol. The summed E-state index contributed by atoms with van der Waals surface area (Å²) < 4.78 is 4.79. The second kappa shape index (κ2) is 4.61. The molecule has 0 bridgehead atoms. The van der Waals surface area contributed by atoms with Crippen molar-refractivity contribution in [3.63, 3.8) is 0 Å². The Morgan fingerprint density at radius 1 is 1.44 bits per heavy atom. The minimum Gasteiger partial charge on any atom is -0.477 e. The monoisotopic (exact) mass is 266 g/mol. The highest BCUT2D eigenvalue weighted by Crippen LogP contribution is 2.28. The summed E-state index contributed by atoms with van der Waals surface area (Å²) in [6, 6.07) is 0. The Bertz CT molecular complexity index is 614. The van der Waals surface area contributed by atoms with E-state index in [9.17, 15) is 9.59 Å². The van der Waals surface area contributed by atoms with Crippen LogP contribution in [0.2, 0.25) is 0 Å². The van der Waals surface area contributed by atoms with Crippen LogP contribution in [-0.4, -0.2) is 22.1 Å². The Morgan fingerprint density at radius 3 is 2.72 bits per heavy atom. The van der Waals surface area contributed by atoms with Gasteiger partial charge in [-0.25, -0.2) is 4.79 Å². The lowest BCUT2D eigenvalue weighted by atomic mass is 10.2. The van der Waals surface area contributed by atoms with Crippen LogP contribution < -0.4 is 5.32 Å². The highest BCUT2D eigenvalue weighted by Gasteiger charge is 2.20. The van der Waals surface area contributed by atoms with Gasteiger partial charge in [-0.2, -0.15) is 0 Å². The number of rotatable bonds is 3. The number of hydrogen-bond acceptors (Lipinski definition) is 5. The maximum absolute atomic E-state index is 11.9. The van der Waals surface area contributed by atoms with Gasteiger partial charge in [0.1, 0.15) is 16.2 Å². The number of anilines is 1. The van der Waals surface area contributed by atoms with Gasteiger partial charge in [-0.1, -0.05) is 5.16 Å². The van der Waals surface area contributed by atoms with E-state index in [1.807, 2.05) is 0 Å². The van der Waals surface area contributed by atoms with Crippen molar-refractivity contribution in [1.29, 1.82) is 0 Å². The van der Waals surface area contributed by atoms with Gasteiger partial charge >= 0.3 is 5.97 Å². The number of nitrogens with zero attached hydrogens (tertiary/aromatic N) is 1. The van der Waals surface area contributed by atoms with Crippen molar-refractivity contribution in [3.05, 3.63) is 33.3 Å². The van der Waals surface area contributed by atoms with Crippen molar-refractivity contribution in [2.45, 2.75) is 13.8 Å². The van der Waals surface area contributed by atoms with Crippen molar-refractivity contribution in [3.8, 4) is 0 Å². The van der Waals surface area contributed by atoms with E-state index < -0.39 is 11.9 Å². The molecule has 0 aliphatic rings. The lowest BCUT2D eigenvalue weighted by Crippen LogP contribution is -2.14. The van der Waals surface area contributed by atoms with E-state index in [1.165, 1.54) is 6.20 Å². The topological polar surface area (TPSA) is 92.4 Å². The van der Waals surface area contributed by atoms with E-state index in [0.29, 0.717) is 17.0 Å². The first kappa shape index (κ1) is 12.3. The minimum atomic E-state index is -1.06. The Morgan fingerprint density at radius 2 is 2.17 bits per heavy atom. The molecule has 0 aliphatic carbocycles. The highest BCUT2D eigenvalue weighted by atomic mass is 32.1. The van der Waals surface area contributed by atoms with Gasteiger partial charge in [0, 0.05) is 0 Å². The van der Waals surface area contributed by atoms with E-state index in [4.69, 9.17) is 9.63 Å². The summed E-state index contributed by atoms with van der Waals surface area (Å²) in [6.45, 7) is 3.35. The van der Waals surface area contributed by atoms with Crippen molar-refractivity contribution in [1.82, 2.24) is 5.16 Å². The number of aromatic nitrogens is 1. The van der Waals surface area contributed by atoms with Gasteiger partial charge in [0.15, 0.2) is 0 Å². The minimum absolute atomic E-state index is 0.106. The molecule has 0 aromatic carbocycles. The van der Waals surface area contributed by atoms with Crippen LogP contribution in [0.25, 0.3) is 0 Å². The average Bonchev–Trinajstić information content (AvgIpc) is 2.86. The van der Waals surface area contributed by atoms with Crippen LogP contribution in [0.3, 0.4) is 0 Å². The van der Waals surface area contributed by atoms with Gasteiger partial charge < -0.3 is 14.9 Å². The SMILES string of the molecule is Cc1csc(C(=O)O)c1NC(=O)c1cnoc1C. The standard InChI is InChI=1S/C11H10N2O4S/c1-5-4-18-9(11(15)16)8(5)13-10(14)7-3-12-17-6(7)2/h3-4H,1-2H3,(H,13,14)(H,15,16). The third-order valence-corrected chi connectivity index (χ3v) is 3.49. The molecule has 0 saturated heterocycles. The first-order valence-electron chi connectivity index (χ1n) is 5.04. The molecule has 0 spiro atoms. The molecule has 18 heavy (non-hydrogen) atoms. The summed E-state index contributed by atoms with van der Waals surface area (Å²) in [5.41, 5.74) is 1.31. The molecule has 0 radical (unpaired) electrons. The molecule has 2 aromatic heterocycles. The van der Waals surface area contributed by atoms with Crippen molar-refractivity contribution in [2.75, 3.05) is 5.32 Å². The van der Waals surface area contributed by atoms with Crippen molar-refractivity contribution in [2.24, 2.45) is 0 Å². The molecule has 0 unspecified atom stereocenters. The molecule has 2 heterocycles. The molecule has 0 aliphatic heterocycles.